The Hall–Kier alpha value is -1.56. The maximum Gasteiger partial charge on any atom is 0.0282 e. The molecule has 0 heterocycles. The van der Waals surface area contributed by atoms with Crippen molar-refractivity contribution in [2.45, 2.75) is 132 Å². The largest absolute Gasteiger partial charge is 0.0776 e. The van der Waals surface area contributed by atoms with Crippen molar-refractivity contribution in [3.8, 4) is 0 Å². The van der Waals surface area contributed by atoms with E-state index < -0.39 is 0 Å². The lowest BCUT2D eigenvalue weighted by Crippen LogP contribution is -2.40. The van der Waals surface area contributed by atoms with E-state index in [0.717, 1.165) is 23.7 Å². The molecule has 2 saturated carbocycles. The Morgan fingerprint density at radius 1 is 0.559 bits per heavy atom. The Balaban J connectivity index is 0.000000531. The van der Waals surface area contributed by atoms with Gasteiger partial charge < -0.3 is 0 Å². The SMILES string of the molecule is C.C.CC.CC.CC.CC.c1cc2c3c(c1)C1CCCC1C31c3c(cccc3C3CCCC31)C2. The molecule has 0 aromatic heterocycles. The summed E-state index contributed by atoms with van der Waals surface area (Å²) in [5, 5.41) is 0. The van der Waals surface area contributed by atoms with Gasteiger partial charge in [-0.05, 0) is 89.2 Å². The van der Waals surface area contributed by atoms with E-state index in [4.69, 9.17) is 0 Å². The van der Waals surface area contributed by atoms with Crippen LogP contribution in [0.4, 0.5) is 0 Å². The molecule has 4 atom stereocenters. The maximum atomic E-state index is 2.51. The highest BCUT2D eigenvalue weighted by molar-refractivity contribution is 5.67. The third-order valence-corrected chi connectivity index (χ3v) is 8.57. The zero-order valence-corrected chi connectivity index (χ0v) is 22.2. The fourth-order valence-electron chi connectivity index (χ4n) is 8.26. The lowest BCUT2D eigenvalue weighted by molar-refractivity contribution is 0.231. The van der Waals surface area contributed by atoms with Gasteiger partial charge in [-0.3, -0.25) is 0 Å². The fraction of sp³-hybridized carbons (Fsp3) is 0.647. The summed E-state index contributed by atoms with van der Waals surface area (Å²) in [7, 11) is 0. The van der Waals surface area contributed by atoms with E-state index in [9.17, 15) is 0 Å². The van der Waals surface area contributed by atoms with Crippen LogP contribution in [0.1, 0.15) is 154 Å². The molecular weight excluding hydrogens is 408 g/mol. The van der Waals surface area contributed by atoms with Gasteiger partial charge in [-0.25, -0.2) is 0 Å². The molecular formula is C34H56. The van der Waals surface area contributed by atoms with E-state index >= 15 is 0 Å². The van der Waals surface area contributed by atoms with Crippen LogP contribution < -0.4 is 0 Å². The van der Waals surface area contributed by atoms with Crippen LogP contribution in [0.2, 0.25) is 0 Å². The van der Waals surface area contributed by atoms with Gasteiger partial charge in [0.05, 0.1) is 0 Å². The Morgan fingerprint density at radius 2 is 0.941 bits per heavy atom. The first-order valence-corrected chi connectivity index (χ1v) is 14.1. The van der Waals surface area contributed by atoms with Crippen LogP contribution >= 0.6 is 0 Å². The van der Waals surface area contributed by atoms with Crippen LogP contribution in [0.5, 0.6) is 0 Å². The van der Waals surface area contributed by atoms with E-state index in [2.05, 4.69) is 36.4 Å². The molecule has 192 valence electrons. The van der Waals surface area contributed by atoms with Crippen molar-refractivity contribution in [3.05, 3.63) is 69.8 Å². The summed E-state index contributed by atoms with van der Waals surface area (Å²) < 4.78 is 0. The molecule has 5 aliphatic carbocycles. The quantitative estimate of drug-likeness (QED) is 0.363. The molecule has 34 heavy (non-hydrogen) atoms. The monoisotopic (exact) mass is 464 g/mol. The number of fused-ring (bicyclic) bond motifs is 4. The van der Waals surface area contributed by atoms with E-state index in [1.807, 2.05) is 66.5 Å². The van der Waals surface area contributed by atoms with Gasteiger partial charge in [0.15, 0.2) is 0 Å². The summed E-state index contributed by atoms with van der Waals surface area (Å²) >= 11 is 0. The highest BCUT2D eigenvalue weighted by Gasteiger charge is 2.66. The zero-order valence-electron chi connectivity index (χ0n) is 22.2. The highest BCUT2D eigenvalue weighted by Crippen LogP contribution is 2.73. The average Bonchev–Trinajstić information content (AvgIpc) is 3.65. The van der Waals surface area contributed by atoms with E-state index in [-0.39, 0.29) is 14.9 Å². The zero-order chi connectivity index (χ0) is 23.5. The third-order valence-electron chi connectivity index (χ3n) is 8.57. The molecule has 4 unspecified atom stereocenters. The van der Waals surface area contributed by atoms with Crippen LogP contribution in [0, 0.1) is 11.8 Å². The van der Waals surface area contributed by atoms with Gasteiger partial charge in [0.1, 0.15) is 0 Å². The summed E-state index contributed by atoms with van der Waals surface area (Å²) in [5.41, 5.74) is 11.0. The highest BCUT2D eigenvalue weighted by atomic mass is 14.7. The van der Waals surface area contributed by atoms with Gasteiger partial charge in [0.2, 0.25) is 0 Å². The maximum absolute atomic E-state index is 2.51. The molecule has 0 heteroatoms. The minimum Gasteiger partial charge on any atom is -0.0776 e. The number of rotatable bonds is 0. The van der Waals surface area contributed by atoms with Crippen LogP contribution in [-0.4, -0.2) is 0 Å². The van der Waals surface area contributed by atoms with Crippen molar-refractivity contribution in [1.29, 1.82) is 0 Å². The normalized spacial score (nSPS) is 28.6. The topological polar surface area (TPSA) is 0 Å². The lowest BCUT2D eigenvalue weighted by atomic mass is 9.59. The number of hydrogen-bond acceptors (Lipinski definition) is 0. The second-order valence-corrected chi connectivity index (χ2v) is 9.10. The Bertz CT molecular complexity index is 815. The predicted octanol–water partition coefficient (Wildman–Crippen LogP) is 11.0. The third kappa shape index (κ3) is 3.88. The molecule has 0 amide bonds. The summed E-state index contributed by atoms with van der Waals surface area (Å²) in [6, 6.07) is 14.6. The first kappa shape index (κ1) is 30.5. The molecule has 2 aromatic rings. The van der Waals surface area contributed by atoms with E-state index in [1.54, 1.807) is 22.3 Å². The lowest BCUT2D eigenvalue weighted by Gasteiger charge is -2.43. The smallest absolute Gasteiger partial charge is 0.0282 e. The molecule has 0 radical (unpaired) electrons. The van der Waals surface area contributed by atoms with Crippen LogP contribution in [0.15, 0.2) is 36.4 Å². The van der Waals surface area contributed by atoms with Crippen LogP contribution in [0.25, 0.3) is 0 Å². The van der Waals surface area contributed by atoms with E-state index in [1.165, 1.54) is 44.9 Å². The average molecular weight is 465 g/mol. The number of benzene rings is 2. The Kier molecular flexibility index (Phi) is 11.6. The van der Waals surface area contributed by atoms with Gasteiger partial charge in [-0.2, -0.15) is 0 Å². The fourth-order valence-corrected chi connectivity index (χ4v) is 8.26. The minimum atomic E-state index is 0. The van der Waals surface area contributed by atoms with Crippen molar-refractivity contribution in [2.24, 2.45) is 11.8 Å². The van der Waals surface area contributed by atoms with Crippen LogP contribution in [0.3, 0.4) is 0 Å². The van der Waals surface area contributed by atoms with Crippen molar-refractivity contribution < 1.29 is 0 Å². The van der Waals surface area contributed by atoms with Gasteiger partial charge >= 0.3 is 0 Å². The van der Waals surface area contributed by atoms with Crippen LogP contribution in [-0.2, 0) is 11.8 Å². The Morgan fingerprint density at radius 3 is 1.32 bits per heavy atom. The first-order chi connectivity index (χ1) is 15.9. The molecule has 2 aromatic carbocycles. The summed E-state index contributed by atoms with van der Waals surface area (Å²) in [6.07, 6.45) is 9.92. The molecule has 0 aliphatic heterocycles. The van der Waals surface area contributed by atoms with Crippen molar-refractivity contribution in [2.75, 3.05) is 0 Å². The van der Waals surface area contributed by atoms with E-state index in [0.29, 0.717) is 5.41 Å². The summed E-state index contributed by atoms with van der Waals surface area (Å²) in [4.78, 5) is 0. The predicted molar refractivity (Wildman–Crippen MR) is 155 cm³/mol. The standard InChI is InChI=1S/C24H24.4C2H6.2CH4/c1-5-14-13-15-6-2-10-19-17-8-4-12-21(17)24(23(15)19)20-11-3-7-16(20)18(9-1)22(14)24;4*1-2;;/h1-2,5-6,9-10,16-17,20-21H,3-4,7-8,11-13H2;4*1-2H3;2*1H4. The molecule has 0 saturated heterocycles. The van der Waals surface area contributed by atoms with Crippen molar-refractivity contribution in [1.82, 2.24) is 0 Å². The molecule has 0 N–H and O–H groups in total. The van der Waals surface area contributed by atoms with Crippen molar-refractivity contribution >= 4 is 0 Å². The molecule has 5 aliphatic rings. The van der Waals surface area contributed by atoms with Gasteiger partial charge in [-0.15, -0.1) is 0 Å². The summed E-state index contributed by atoms with van der Waals surface area (Å²) in [5.74, 6) is 3.53. The minimum absolute atomic E-state index is 0. The molecule has 2 fully saturated rings. The molecule has 1 spiro atoms. The van der Waals surface area contributed by atoms with Crippen molar-refractivity contribution in [3.63, 3.8) is 0 Å². The van der Waals surface area contributed by atoms with Gasteiger partial charge in [0, 0.05) is 5.41 Å². The Labute approximate surface area is 214 Å². The molecule has 7 rings (SSSR count). The summed E-state index contributed by atoms with van der Waals surface area (Å²) in [6.45, 7) is 16.0. The molecule has 0 bridgehead atoms. The number of hydrogen-bond donors (Lipinski definition) is 0. The molecule has 0 nitrogen and oxygen atoms in total. The van der Waals surface area contributed by atoms with Gasteiger partial charge in [0.25, 0.3) is 0 Å². The second kappa shape index (κ2) is 12.9. The first-order valence-electron chi connectivity index (χ1n) is 14.1. The van der Waals surface area contributed by atoms with Gasteiger partial charge in [-0.1, -0.05) is 119 Å². The second-order valence-electron chi connectivity index (χ2n) is 9.10.